The molecule has 0 spiro atoms. The minimum absolute atomic E-state index is 0. The number of aromatic hydroxyl groups is 1. The Morgan fingerprint density at radius 2 is 2.43 bits per heavy atom. The Morgan fingerprint density at radius 1 is 1.71 bits per heavy atom. The van der Waals surface area contributed by atoms with E-state index in [0.717, 1.165) is 0 Å². The van der Waals surface area contributed by atoms with Gasteiger partial charge in [0.25, 0.3) is 0 Å². The van der Waals surface area contributed by atoms with E-state index >= 15 is 0 Å². The molecule has 0 amide bonds. The number of pyridine rings is 1. The van der Waals surface area contributed by atoms with Crippen molar-refractivity contribution in [2.75, 3.05) is 6.54 Å². The molecule has 1 aromatic heterocycles. The van der Waals surface area contributed by atoms with Crippen molar-refractivity contribution in [3.8, 4) is 5.75 Å². The molecule has 0 saturated heterocycles. The summed E-state index contributed by atoms with van der Waals surface area (Å²) in [6, 6.07) is 1.22. The van der Waals surface area contributed by atoms with E-state index < -0.39 is 11.2 Å². The summed E-state index contributed by atoms with van der Waals surface area (Å²) in [5.41, 5.74) is 7.51. The van der Waals surface area contributed by atoms with Crippen LogP contribution in [0.3, 0.4) is 0 Å². The molecule has 1 heterocycles. The third kappa shape index (κ3) is 3.91. The molecule has 0 saturated carbocycles. The molecule has 0 bridgehead atoms. The zero-order chi connectivity index (χ0) is 9.68. The van der Waals surface area contributed by atoms with Crippen LogP contribution >= 0.6 is 0 Å². The molecule has 0 fully saturated rings. The minimum atomic E-state index is -0.472. The zero-order valence-electron chi connectivity index (χ0n) is 7.29. The molecule has 14 heavy (non-hydrogen) atoms. The van der Waals surface area contributed by atoms with Crippen LogP contribution < -0.4 is 5.43 Å². The van der Waals surface area contributed by atoms with Crippen molar-refractivity contribution >= 4 is 0 Å². The standard InChI is InChI=1S/C7H7N4O2.Y/c8-10-9-2-4-11-3-1-6(12)7(13)5-11;/h1,3,13H,2,4H2;/q-1;. The van der Waals surface area contributed by atoms with Crippen LogP contribution in [-0.2, 0) is 39.3 Å². The van der Waals surface area contributed by atoms with Crippen molar-refractivity contribution in [1.82, 2.24) is 4.57 Å². The Balaban J connectivity index is 0.00000169. The number of nitrogens with zero attached hydrogens (tertiary/aromatic N) is 4. The SMILES string of the molecule is [N-]=[N+]=NCCn1[c-]c(O)c(=O)cc1.[Y]. The summed E-state index contributed by atoms with van der Waals surface area (Å²) in [7, 11) is 0. The van der Waals surface area contributed by atoms with Crippen molar-refractivity contribution in [3.05, 3.63) is 39.1 Å². The fourth-order valence-corrected chi connectivity index (χ4v) is 0.793. The monoisotopic (exact) mass is 268 g/mol. The maximum Gasteiger partial charge on any atom is 0.108 e. The number of hydrogen-bond donors (Lipinski definition) is 1. The number of rotatable bonds is 3. The van der Waals surface area contributed by atoms with Gasteiger partial charge < -0.3 is 14.5 Å². The molecule has 71 valence electrons. The third-order valence-electron chi connectivity index (χ3n) is 1.39. The van der Waals surface area contributed by atoms with Crippen LogP contribution in [-0.4, -0.2) is 16.2 Å². The Bertz CT molecular complexity index is 397. The average Bonchev–Trinajstić information content (AvgIpc) is 2.12. The second-order valence-electron chi connectivity index (χ2n) is 2.29. The molecule has 6 nitrogen and oxygen atoms in total. The first-order valence-corrected chi connectivity index (χ1v) is 3.56. The third-order valence-corrected chi connectivity index (χ3v) is 1.39. The maximum atomic E-state index is 10.7. The van der Waals surface area contributed by atoms with Gasteiger partial charge in [-0.3, -0.25) is 0 Å². The molecule has 7 heteroatoms. The Hall–Kier alpha value is -0.836. The van der Waals surface area contributed by atoms with E-state index in [-0.39, 0.29) is 39.3 Å². The predicted molar refractivity (Wildman–Crippen MR) is 45.2 cm³/mol. The summed E-state index contributed by atoms with van der Waals surface area (Å²) >= 11 is 0. The summed E-state index contributed by atoms with van der Waals surface area (Å²) in [4.78, 5) is 13.3. The largest absolute Gasteiger partial charge is 0.529 e. The second-order valence-corrected chi connectivity index (χ2v) is 2.29. The molecular weight excluding hydrogens is 261 g/mol. The molecule has 1 radical (unpaired) electrons. The van der Waals surface area contributed by atoms with Crippen molar-refractivity contribution in [3.63, 3.8) is 0 Å². The van der Waals surface area contributed by atoms with Crippen LogP contribution in [0, 0.1) is 6.20 Å². The van der Waals surface area contributed by atoms with Gasteiger partial charge in [0.2, 0.25) is 0 Å². The van der Waals surface area contributed by atoms with Gasteiger partial charge >= 0.3 is 0 Å². The fraction of sp³-hybridized carbons (Fsp3) is 0.286. The van der Waals surface area contributed by atoms with Gasteiger partial charge in [-0.05, 0) is 5.53 Å². The van der Waals surface area contributed by atoms with Crippen LogP contribution in [0.5, 0.6) is 5.75 Å². The van der Waals surface area contributed by atoms with E-state index in [1.54, 1.807) is 0 Å². The van der Waals surface area contributed by atoms with Crippen molar-refractivity contribution in [2.24, 2.45) is 5.11 Å². The summed E-state index contributed by atoms with van der Waals surface area (Å²) in [6.07, 6.45) is 3.88. The van der Waals surface area contributed by atoms with Crippen LogP contribution in [0.4, 0.5) is 0 Å². The van der Waals surface area contributed by atoms with Gasteiger partial charge in [-0.25, -0.2) is 0 Å². The van der Waals surface area contributed by atoms with Gasteiger partial charge in [0.15, 0.2) is 0 Å². The summed E-state index contributed by atoms with van der Waals surface area (Å²) in [6.45, 7) is 0.646. The zero-order valence-corrected chi connectivity index (χ0v) is 10.1. The Morgan fingerprint density at radius 3 is 3.00 bits per heavy atom. The van der Waals surface area contributed by atoms with Crippen LogP contribution in [0.1, 0.15) is 0 Å². The molecular formula is C7H7N4O2Y-. The molecule has 1 rings (SSSR count). The molecule has 0 atom stereocenters. The van der Waals surface area contributed by atoms with E-state index in [4.69, 9.17) is 10.6 Å². The van der Waals surface area contributed by atoms with Crippen molar-refractivity contribution in [2.45, 2.75) is 6.54 Å². The average molecular weight is 268 g/mol. The molecule has 0 aliphatic carbocycles. The molecule has 1 aromatic rings. The molecule has 0 aliphatic rings. The topological polar surface area (TPSA) is 91.0 Å². The molecule has 0 unspecified atom stereocenters. The first kappa shape index (κ1) is 13.2. The van der Waals surface area contributed by atoms with Gasteiger partial charge in [0, 0.05) is 50.7 Å². The van der Waals surface area contributed by atoms with Gasteiger partial charge in [-0.15, -0.1) is 12.3 Å². The molecule has 1 N–H and O–H groups in total. The smallest absolute Gasteiger partial charge is 0.108 e. The first-order chi connectivity index (χ1) is 6.24. The van der Waals surface area contributed by atoms with E-state index in [1.807, 2.05) is 0 Å². The first-order valence-electron chi connectivity index (χ1n) is 3.56. The van der Waals surface area contributed by atoms with Gasteiger partial charge in [0.1, 0.15) is 5.43 Å². The quantitative estimate of drug-likeness (QED) is 0.377. The molecule has 0 aliphatic heterocycles. The van der Waals surface area contributed by atoms with E-state index in [0.29, 0.717) is 6.54 Å². The number of hydrogen-bond acceptors (Lipinski definition) is 3. The van der Waals surface area contributed by atoms with E-state index in [1.165, 1.54) is 16.8 Å². The fourth-order valence-electron chi connectivity index (χ4n) is 0.793. The van der Waals surface area contributed by atoms with Crippen LogP contribution in [0.15, 0.2) is 22.2 Å². The van der Waals surface area contributed by atoms with E-state index in [2.05, 4.69) is 16.2 Å². The number of aromatic nitrogens is 1. The van der Waals surface area contributed by atoms with Crippen LogP contribution in [0.25, 0.3) is 10.4 Å². The summed E-state index contributed by atoms with van der Waals surface area (Å²) in [5.74, 6) is -0.427. The maximum absolute atomic E-state index is 10.7. The van der Waals surface area contributed by atoms with Gasteiger partial charge in [-0.1, -0.05) is 11.3 Å². The van der Waals surface area contributed by atoms with Gasteiger partial charge in [0.05, 0.1) is 5.75 Å². The second kappa shape index (κ2) is 6.59. The summed E-state index contributed by atoms with van der Waals surface area (Å²) < 4.78 is 1.45. The van der Waals surface area contributed by atoms with Gasteiger partial charge in [-0.2, -0.15) is 0 Å². The van der Waals surface area contributed by atoms with Crippen molar-refractivity contribution in [1.29, 1.82) is 0 Å². The Kier molecular flexibility index (Phi) is 6.20. The number of azide groups is 1. The Labute approximate surface area is 105 Å². The van der Waals surface area contributed by atoms with E-state index in [9.17, 15) is 4.79 Å². The summed E-state index contributed by atoms with van der Waals surface area (Å²) in [5, 5.41) is 12.3. The normalized spacial score (nSPS) is 8.57. The minimum Gasteiger partial charge on any atom is -0.529 e. The van der Waals surface area contributed by atoms with Crippen LogP contribution in [0.2, 0.25) is 0 Å². The van der Waals surface area contributed by atoms with Crippen molar-refractivity contribution < 1.29 is 37.8 Å². The predicted octanol–water partition coefficient (Wildman–Crippen LogP) is 0.662. The molecule has 0 aromatic carbocycles.